The van der Waals surface area contributed by atoms with Crippen LogP contribution in [0.4, 0.5) is 0 Å². The number of hydrogen-bond acceptors (Lipinski definition) is 3. The number of rotatable bonds is 4. The average molecular weight is 386 g/mol. The molecule has 1 aliphatic heterocycles. The molecule has 4 rings (SSSR count). The Bertz CT molecular complexity index is 891. The summed E-state index contributed by atoms with van der Waals surface area (Å²) in [4.78, 5) is 21.7. The van der Waals surface area contributed by atoms with Crippen LogP contribution in [0.3, 0.4) is 0 Å². The Morgan fingerprint density at radius 2 is 1.48 bits per heavy atom. The highest BCUT2D eigenvalue weighted by Gasteiger charge is 2.36. The van der Waals surface area contributed by atoms with Gasteiger partial charge in [-0.1, -0.05) is 60.7 Å². The summed E-state index contributed by atoms with van der Waals surface area (Å²) in [6, 6.07) is 25.5. The maximum Gasteiger partial charge on any atom is 0.255 e. The molecular weight excluding hydrogens is 358 g/mol. The van der Waals surface area contributed by atoms with Crippen molar-refractivity contribution in [1.82, 2.24) is 14.8 Å². The molecule has 1 aliphatic rings. The Labute approximate surface area is 172 Å². The van der Waals surface area contributed by atoms with Crippen molar-refractivity contribution in [3.05, 3.63) is 102 Å². The van der Waals surface area contributed by atoms with Crippen LogP contribution >= 0.6 is 0 Å². The smallest absolute Gasteiger partial charge is 0.255 e. The predicted octanol–water partition coefficient (Wildman–Crippen LogP) is 4.41. The van der Waals surface area contributed by atoms with Crippen molar-refractivity contribution in [2.45, 2.75) is 32.0 Å². The summed E-state index contributed by atoms with van der Waals surface area (Å²) in [5.74, 6) is 0.0630. The normalized spacial score (nSPS) is 20.0. The molecule has 1 saturated heterocycles. The van der Waals surface area contributed by atoms with Gasteiger partial charge in [0.15, 0.2) is 0 Å². The summed E-state index contributed by atoms with van der Waals surface area (Å²) in [6.45, 7) is 5.88. The molecule has 1 aromatic heterocycles. The minimum absolute atomic E-state index is 0.0630. The molecule has 0 bridgehead atoms. The van der Waals surface area contributed by atoms with Crippen molar-refractivity contribution in [2.24, 2.45) is 0 Å². The topological polar surface area (TPSA) is 36.4 Å². The minimum atomic E-state index is 0.0630. The van der Waals surface area contributed by atoms with Gasteiger partial charge in [-0.2, -0.15) is 0 Å². The molecule has 2 atom stereocenters. The van der Waals surface area contributed by atoms with Crippen LogP contribution in [0.2, 0.25) is 0 Å². The Kier molecular flexibility index (Phi) is 5.72. The largest absolute Gasteiger partial charge is 0.333 e. The Morgan fingerprint density at radius 3 is 2.03 bits per heavy atom. The summed E-state index contributed by atoms with van der Waals surface area (Å²) in [6.07, 6.45) is 3.36. The van der Waals surface area contributed by atoms with E-state index in [1.165, 1.54) is 11.1 Å². The molecule has 1 amide bonds. The molecule has 3 aromatic rings. The fraction of sp³-hybridized carbons (Fsp3) is 0.280. The van der Waals surface area contributed by atoms with Gasteiger partial charge in [0.05, 0.1) is 11.6 Å². The van der Waals surface area contributed by atoms with Gasteiger partial charge in [-0.25, -0.2) is 0 Å². The van der Waals surface area contributed by atoms with Crippen LogP contribution in [-0.2, 0) is 0 Å². The van der Waals surface area contributed by atoms with E-state index in [1.54, 1.807) is 12.4 Å². The van der Waals surface area contributed by atoms with E-state index in [0.29, 0.717) is 12.1 Å². The lowest BCUT2D eigenvalue weighted by atomic mass is 9.93. The first-order valence-corrected chi connectivity index (χ1v) is 10.2. The van der Waals surface area contributed by atoms with Crippen LogP contribution in [0.5, 0.6) is 0 Å². The van der Waals surface area contributed by atoms with E-state index in [0.717, 1.165) is 6.54 Å². The van der Waals surface area contributed by atoms with E-state index in [2.05, 4.69) is 84.4 Å². The van der Waals surface area contributed by atoms with Gasteiger partial charge < -0.3 is 4.90 Å². The summed E-state index contributed by atoms with van der Waals surface area (Å²) in [7, 11) is 0. The second-order valence-electron chi connectivity index (χ2n) is 7.82. The predicted molar refractivity (Wildman–Crippen MR) is 116 cm³/mol. The lowest BCUT2D eigenvalue weighted by molar-refractivity contribution is 0.0209. The van der Waals surface area contributed by atoms with Crippen molar-refractivity contribution >= 4 is 5.91 Å². The fourth-order valence-electron chi connectivity index (χ4n) is 4.30. The first-order chi connectivity index (χ1) is 14.1. The number of hydrogen-bond donors (Lipinski definition) is 0. The van der Waals surface area contributed by atoms with Gasteiger partial charge >= 0.3 is 0 Å². The first-order valence-electron chi connectivity index (χ1n) is 10.2. The molecule has 0 spiro atoms. The molecule has 4 nitrogen and oxygen atoms in total. The number of amides is 1. The zero-order chi connectivity index (χ0) is 20.2. The van der Waals surface area contributed by atoms with E-state index >= 15 is 0 Å². The lowest BCUT2D eigenvalue weighted by Gasteiger charge is -2.47. The number of benzene rings is 2. The van der Waals surface area contributed by atoms with Crippen LogP contribution in [0.15, 0.2) is 85.2 Å². The van der Waals surface area contributed by atoms with Crippen LogP contribution in [0.25, 0.3) is 0 Å². The van der Waals surface area contributed by atoms with Gasteiger partial charge in [0.1, 0.15) is 0 Å². The number of piperazine rings is 1. The molecule has 4 heteroatoms. The Hall–Kier alpha value is -2.98. The number of carbonyl (C=O) groups is 1. The van der Waals surface area contributed by atoms with Crippen molar-refractivity contribution in [3.8, 4) is 0 Å². The van der Waals surface area contributed by atoms with E-state index < -0.39 is 0 Å². The van der Waals surface area contributed by atoms with E-state index in [9.17, 15) is 4.79 Å². The molecule has 1 fully saturated rings. The third kappa shape index (κ3) is 4.08. The molecule has 148 valence electrons. The maximum atomic E-state index is 13.0. The maximum absolute atomic E-state index is 13.0. The van der Waals surface area contributed by atoms with Crippen molar-refractivity contribution in [1.29, 1.82) is 0 Å². The average Bonchev–Trinajstić information content (AvgIpc) is 2.78. The van der Waals surface area contributed by atoms with Crippen molar-refractivity contribution in [2.75, 3.05) is 13.1 Å². The second kappa shape index (κ2) is 8.58. The zero-order valence-corrected chi connectivity index (χ0v) is 17.0. The molecule has 0 radical (unpaired) electrons. The van der Waals surface area contributed by atoms with Crippen molar-refractivity contribution < 1.29 is 4.79 Å². The summed E-state index contributed by atoms with van der Waals surface area (Å²) in [5, 5.41) is 0. The highest BCUT2D eigenvalue weighted by molar-refractivity contribution is 5.94. The molecule has 2 heterocycles. The third-order valence-corrected chi connectivity index (χ3v) is 5.77. The Balaban J connectivity index is 1.62. The van der Waals surface area contributed by atoms with E-state index in [-0.39, 0.29) is 24.0 Å². The van der Waals surface area contributed by atoms with Gasteiger partial charge in [0.2, 0.25) is 0 Å². The van der Waals surface area contributed by atoms with Gasteiger partial charge in [-0.15, -0.1) is 0 Å². The minimum Gasteiger partial charge on any atom is -0.333 e. The number of aromatic nitrogens is 1. The van der Waals surface area contributed by atoms with Crippen LogP contribution < -0.4 is 0 Å². The monoisotopic (exact) mass is 385 g/mol. The number of nitrogens with zero attached hydrogens (tertiary/aromatic N) is 3. The number of pyridine rings is 1. The molecule has 0 saturated carbocycles. The van der Waals surface area contributed by atoms with Gasteiger partial charge in [-0.3, -0.25) is 14.7 Å². The third-order valence-electron chi connectivity index (χ3n) is 5.77. The van der Waals surface area contributed by atoms with Crippen LogP contribution in [0.1, 0.15) is 41.4 Å². The number of carbonyl (C=O) groups excluding carboxylic acids is 1. The van der Waals surface area contributed by atoms with Gasteiger partial charge in [-0.05, 0) is 37.1 Å². The molecule has 0 aliphatic carbocycles. The molecule has 0 N–H and O–H groups in total. The highest BCUT2D eigenvalue weighted by atomic mass is 16.2. The summed E-state index contributed by atoms with van der Waals surface area (Å²) >= 11 is 0. The van der Waals surface area contributed by atoms with Crippen LogP contribution in [-0.4, -0.2) is 45.9 Å². The summed E-state index contributed by atoms with van der Waals surface area (Å²) in [5.41, 5.74) is 3.22. The van der Waals surface area contributed by atoms with Gasteiger partial charge in [0, 0.05) is 37.6 Å². The fourth-order valence-corrected chi connectivity index (χ4v) is 4.30. The Morgan fingerprint density at radius 1 is 0.862 bits per heavy atom. The highest BCUT2D eigenvalue weighted by Crippen LogP contribution is 2.33. The standard InChI is InChI=1S/C25H27N3O/c1-19-18-28(25(29)23-14-9-15-26-16-23)20(2)17-27(19)24(21-10-5-3-6-11-21)22-12-7-4-8-13-22/h3-16,19-20,24H,17-18H2,1-2H3/t19-,20?/m0/s1. The molecule has 2 aromatic carbocycles. The van der Waals surface area contributed by atoms with Crippen molar-refractivity contribution in [3.63, 3.8) is 0 Å². The van der Waals surface area contributed by atoms with E-state index in [4.69, 9.17) is 0 Å². The summed E-state index contributed by atoms with van der Waals surface area (Å²) < 4.78 is 0. The second-order valence-corrected chi connectivity index (χ2v) is 7.82. The molecular formula is C25H27N3O. The SMILES string of the molecule is CC1CN(C(c2ccccc2)c2ccccc2)[C@@H](C)CN1C(=O)c1cccnc1. The molecule has 1 unspecified atom stereocenters. The lowest BCUT2D eigenvalue weighted by Crippen LogP contribution is -2.58. The van der Waals surface area contributed by atoms with Crippen LogP contribution in [0, 0.1) is 0 Å². The van der Waals surface area contributed by atoms with Gasteiger partial charge in [0.25, 0.3) is 5.91 Å². The van der Waals surface area contributed by atoms with E-state index in [1.807, 2.05) is 17.0 Å². The first kappa shape index (κ1) is 19.3. The quantitative estimate of drug-likeness (QED) is 0.668. The molecule has 29 heavy (non-hydrogen) atoms. The zero-order valence-electron chi connectivity index (χ0n) is 17.0.